The molecule has 6 heteroatoms. The molecule has 22 heavy (non-hydrogen) atoms. The summed E-state index contributed by atoms with van der Waals surface area (Å²) in [5.74, 6) is 2.22. The average Bonchev–Trinajstić information content (AvgIpc) is 2.92. The van der Waals surface area contributed by atoms with Crippen LogP contribution in [0, 0.1) is 6.92 Å². The van der Waals surface area contributed by atoms with E-state index in [-0.39, 0.29) is 12.1 Å². The van der Waals surface area contributed by atoms with E-state index in [1.54, 1.807) is 4.90 Å². The van der Waals surface area contributed by atoms with Crippen molar-refractivity contribution in [3.8, 4) is 0 Å². The quantitative estimate of drug-likeness (QED) is 0.869. The highest BCUT2D eigenvalue weighted by molar-refractivity contribution is 7.99. The molecule has 2 aliphatic rings. The molecule has 0 saturated carbocycles. The van der Waals surface area contributed by atoms with Gasteiger partial charge in [0.15, 0.2) is 0 Å². The van der Waals surface area contributed by atoms with Gasteiger partial charge in [-0.3, -0.25) is 4.90 Å². The van der Waals surface area contributed by atoms with Crippen LogP contribution in [0.2, 0.25) is 0 Å². The summed E-state index contributed by atoms with van der Waals surface area (Å²) < 4.78 is 0. The first-order chi connectivity index (χ1) is 10.6. The molecule has 0 aromatic heterocycles. The van der Waals surface area contributed by atoms with Crippen molar-refractivity contribution < 1.29 is 9.90 Å². The Bertz CT molecular complexity index is 534. The molecule has 2 atom stereocenters. The lowest BCUT2D eigenvalue weighted by atomic mass is 10.2. The number of aliphatic hydroxyl groups is 1. The van der Waals surface area contributed by atoms with E-state index in [9.17, 15) is 9.90 Å². The molecule has 2 saturated heterocycles. The fourth-order valence-electron chi connectivity index (χ4n) is 3.11. The van der Waals surface area contributed by atoms with E-state index in [0.29, 0.717) is 13.1 Å². The number of aryl methyl sites for hydroxylation is 1. The number of thioether (sulfide) groups is 1. The monoisotopic (exact) mass is 321 g/mol. The second-order valence-electron chi connectivity index (χ2n) is 5.93. The van der Waals surface area contributed by atoms with E-state index in [1.807, 2.05) is 43.0 Å². The molecule has 2 N–H and O–H groups in total. The molecule has 5 nitrogen and oxygen atoms in total. The summed E-state index contributed by atoms with van der Waals surface area (Å²) in [6, 6.07) is 7.69. The number of hydrogen-bond acceptors (Lipinski definition) is 4. The van der Waals surface area contributed by atoms with Crippen molar-refractivity contribution >= 4 is 23.5 Å². The lowest BCUT2D eigenvalue weighted by molar-refractivity contribution is 0.0894. The number of benzene rings is 1. The Labute approximate surface area is 135 Å². The highest BCUT2D eigenvalue weighted by Gasteiger charge is 2.38. The predicted octanol–water partition coefficient (Wildman–Crippen LogP) is 1.62. The zero-order valence-electron chi connectivity index (χ0n) is 12.9. The van der Waals surface area contributed by atoms with E-state index in [1.165, 1.54) is 0 Å². The summed E-state index contributed by atoms with van der Waals surface area (Å²) in [5.41, 5.74) is 1.88. The van der Waals surface area contributed by atoms with E-state index in [4.69, 9.17) is 0 Å². The summed E-state index contributed by atoms with van der Waals surface area (Å²) in [6.45, 7) is 4.98. The molecule has 0 aliphatic carbocycles. The number of amides is 2. The topological polar surface area (TPSA) is 55.8 Å². The van der Waals surface area contributed by atoms with E-state index < -0.39 is 6.10 Å². The minimum absolute atomic E-state index is 0.0727. The zero-order chi connectivity index (χ0) is 15.5. The summed E-state index contributed by atoms with van der Waals surface area (Å²) in [4.78, 5) is 16.5. The van der Waals surface area contributed by atoms with Crippen molar-refractivity contribution in [2.24, 2.45) is 0 Å². The smallest absolute Gasteiger partial charge is 0.321 e. The van der Waals surface area contributed by atoms with E-state index in [0.717, 1.165) is 35.8 Å². The van der Waals surface area contributed by atoms with Gasteiger partial charge in [0.05, 0.1) is 18.7 Å². The highest BCUT2D eigenvalue weighted by Crippen LogP contribution is 2.22. The van der Waals surface area contributed by atoms with Crippen molar-refractivity contribution in [2.75, 3.05) is 43.0 Å². The van der Waals surface area contributed by atoms with Gasteiger partial charge in [-0.2, -0.15) is 11.8 Å². The number of rotatable bonds is 2. The fourth-order valence-corrected chi connectivity index (χ4v) is 4.04. The Morgan fingerprint density at radius 3 is 2.73 bits per heavy atom. The van der Waals surface area contributed by atoms with Crippen LogP contribution in [0.5, 0.6) is 0 Å². The summed E-state index contributed by atoms with van der Waals surface area (Å²) in [6.07, 6.45) is -0.453. The molecule has 0 bridgehead atoms. The number of likely N-dealkylation sites (tertiary alicyclic amines) is 1. The van der Waals surface area contributed by atoms with Gasteiger partial charge in [0.1, 0.15) is 0 Å². The number of para-hydroxylation sites is 1. The molecule has 2 aliphatic heterocycles. The number of nitrogens with one attached hydrogen (secondary N) is 1. The third kappa shape index (κ3) is 3.39. The van der Waals surface area contributed by atoms with Gasteiger partial charge in [-0.15, -0.1) is 0 Å². The van der Waals surface area contributed by atoms with Gasteiger partial charge >= 0.3 is 6.03 Å². The molecule has 3 rings (SSSR count). The number of nitrogens with zero attached hydrogens (tertiary/aromatic N) is 2. The average molecular weight is 321 g/mol. The molecule has 2 heterocycles. The Balaban J connectivity index is 1.61. The molecular weight excluding hydrogens is 298 g/mol. The lowest BCUT2D eigenvalue weighted by Gasteiger charge is -2.33. The van der Waals surface area contributed by atoms with Crippen molar-refractivity contribution in [1.82, 2.24) is 9.80 Å². The first-order valence-corrected chi connectivity index (χ1v) is 8.92. The van der Waals surface area contributed by atoms with Crippen molar-refractivity contribution in [3.63, 3.8) is 0 Å². The Kier molecular flexibility index (Phi) is 4.90. The zero-order valence-corrected chi connectivity index (χ0v) is 13.7. The molecular formula is C16H23N3O2S. The predicted molar refractivity (Wildman–Crippen MR) is 90.5 cm³/mol. The summed E-state index contributed by atoms with van der Waals surface area (Å²) >= 11 is 1.95. The number of carbonyl (C=O) groups is 1. The SMILES string of the molecule is Cc1ccccc1NC(=O)N1C[C@H](O)[C@@H](N2CCSCC2)C1. The van der Waals surface area contributed by atoms with Gasteiger partial charge in [0, 0.05) is 36.8 Å². The number of hydrogen-bond donors (Lipinski definition) is 2. The Morgan fingerprint density at radius 1 is 1.27 bits per heavy atom. The van der Waals surface area contributed by atoms with Crippen molar-refractivity contribution in [3.05, 3.63) is 29.8 Å². The maximum atomic E-state index is 12.4. The standard InChI is InChI=1S/C16H23N3O2S/c1-12-4-2-3-5-13(12)17-16(21)19-10-14(15(20)11-19)18-6-8-22-9-7-18/h2-5,14-15,20H,6-11H2,1H3,(H,17,21)/t14-,15-/m0/s1. The van der Waals surface area contributed by atoms with E-state index >= 15 is 0 Å². The molecule has 0 spiro atoms. The number of carbonyl (C=O) groups excluding carboxylic acids is 1. The molecule has 1 aromatic carbocycles. The Hall–Kier alpha value is -1.24. The molecule has 1 aromatic rings. The molecule has 120 valence electrons. The maximum Gasteiger partial charge on any atom is 0.321 e. The third-order valence-corrected chi connectivity index (χ3v) is 5.39. The van der Waals surface area contributed by atoms with Crippen LogP contribution in [-0.4, -0.2) is 70.8 Å². The number of anilines is 1. The normalized spacial score (nSPS) is 26.2. The lowest BCUT2D eigenvalue weighted by Crippen LogP contribution is -2.47. The van der Waals surface area contributed by atoms with Crippen LogP contribution < -0.4 is 5.32 Å². The molecule has 2 fully saturated rings. The first-order valence-electron chi connectivity index (χ1n) is 7.76. The van der Waals surface area contributed by atoms with Crippen molar-refractivity contribution in [2.45, 2.75) is 19.1 Å². The van der Waals surface area contributed by atoms with Crippen LogP contribution in [0.25, 0.3) is 0 Å². The minimum Gasteiger partial charge on any atom is -0.390 e. The van der Waals surface area contributed by atoms with Crippen LogP contribution in [0.3, 0.4) is 0 Å². The van der Waals surface area contributed by atoms with Crippen LogP contribution in [-0.2, 0) is 0 Å². The molecule has 2 amide bonds. The second kappa shape index (κ2) is 6.89. The van der Waals surface area contributed by atoms with Gasteiger partial charge in [-0.05, 0) is 18.6 Å². The number of β-amino-alcohol motifs (C(OH)–C–C–N with tert-alkyl or cyclic N) is 1. The minimum atomic E-state index is -0.453. The van der Waals surface area contributed by atoms with E-state index in [2.05, 4.69) is 10.2 Å². The van der Waals surface area contributed by atoms with Crippen molar-refractivity contribution in [1.29, 1.82) is 0 Å². The highest BCUT2D eigenvalue weighted by atomic mass is 32.2. The van der Waals surface area contributed by atoms with Gasteiger partial charge in [-0.25, -0.2) is 4.79 Å². The Morgan fingerprint density at radius 2 is 2.00 bits per heavy atom. The van der Waals surface area contributed by atoms with Gasteiger partial charge < -0.3 is 15.3 Å². The van der Waals surface area contributed by atoms with Gasteiger partial charge in [0.25, 0.3) is 0 Å². The summed E-state index contributed by atoms with van der Waals surface area (Å²) in [5, 5.41) is 13.3. The maximum absolute atomic E-state index is 12.4. The fraction of sp³-hybridized carbons (Fsp3) is 0.562. The third-order valence-electron chi connectivity index (χ3n) is 4.45. The summed E-state index contributed by atoms with van der Waals surface area (Å²) in [7, 11) is 0. The van der Waals surface area contributed by atoms with Crippen LogP contribution in [0.4, 0.5) is 10.5 Å². The largest absolute Gasteiger partial charge is 0.390 e. The molecule has 0 radical (unpaired) electrons. The van der Waals surface area contributed by atoms with Crippen LogP contribution >= 0.6 is 11.8 Å². The van der Waals surface area contributed by atoms with Crippen LogP contribution in [0.1, 0.15) is 5.56 Å². The van der Waals surface area contributed by atoms with Gasteiger partial charge in [0.2, 0.25) is 0 Å². The molecule has 0 unspecified atom stereocenters. The number of aliphatic hydroxyl groups excluding tert-OH is 1. The second-order valence-corrected chi connectivity index (χ2v) is 7.16. The van der Waals surface area contributed by atoms with Crippen LogP contribution in [0.15, 0.2) is 24.3 Å². The first kappa shape index (κ1) is 15.6. The van der Waals surface area contributed by atoms with Gasteiger partial charge in [-0.1, -0.05) is 18.2 Å². The number of urea groups is 1.